The Balaban J connectivity index is 4.25. The third kappa shape index (κ3) is 4.40. The topological polar surface area (TPSA) is 98.8 Å². The summed E-state index contributed by atoms with van der Waals surface area (Å²) >= 11 is 0. The minimum Gasteiger partial charge on any atom is -0.341 e. The number of imide groups is 2. The molecule has 8 heteroatoms. The van der Waals surface area contributed by atoms with E-state index in [-0.39, 0.29) is 12.8 Å². The highest BCUT2D eigenvalue weighted by molar-refractivity contribution is 5.98. The largest absolute Gasteiger partial charge is 0.341 e. The summed E-state index contributed by atoms with van der Waals surface area (Å²) in [6.45, 7) is 0. The number of hydrogen-bond donors (Lipinski definition) is 2. The predicted molar refractivity (Wildman–Crippen MR) is 63.7 cm³/mol. The highest BCUT2D eigenvalue weighted by Gasteiger charge is 2.19. The van der Waals surface area contributed by atoms with Gasteiger partial charge in [0.05, 0.1) is 0 Å². The third-order valence-electron chi connectivity index (χ3n) is 2.34. The molecule has 0 radical (unpaired) electrons. The van der Waals surface area contributed by atoms with E-state index in [2.05, 4.69) is 10.6 Å². The summed E-state index contributed by atoms with van der Waals surface area (Å²) < 4.78 is 0. The van der Waals surface area contributed by atoms with Crippen molar-refractivity contribution >= 4 is 23.9 Å². The van der Waals surface area contributed by atoms with Crippen molar-refractivity contribution in [3.8, 4) is 0 Å². The van der Waals surface area contributed by atoms with E-state index in [1.165, 1.54) is 28.2 Å². The quantitative estimate of drug-likeness (QED) is 0.703. The van der Waals surface area contributed by atoms with Gasteiger partial charge in [-0.3, -0.25) is 19.4 Å². The lowest BCUT2D eigenvalue weighted by molar-refractivity contribution is -0.133. The molecule has 0 aromatic heterocycles. The summed E-state index contributed by atoms with van der Waals surface area (Å²) in [5.41, 5.74) is 0. The minimum atomic E-state index is -0.549. The number of carbonyl (C=O) groups is 4. The smallest absolute Gasteiger partial charge is 0.323 e. The van der Waals surface area contributed by atoms with Gasteiger partial charge in [0, 0.05) is 41.0 Å². The second kappa shape index (κ2) is 7.25. The van der Waals surface area contributed by atoms with Gasteiger partial charge in [0.15, 0.2) is 0 Å². The fraction of sp³-hybridized carbons (Fsp3) is 0.600. The van der Waals surface area contributed by atoms with Gasteiger partial charge in [-0.2, -0.15) is 0 Å². The van der Waals surface area contributed by atoms with Crippen LogP contribution in [0.4, 0.5) is 9.59 Å². The molecular weight excluding hydrogens is 240 g/mol. The van der Waals surface area contributed by atoms with E-state index < -0.39 is 23.9 Å². The number of amides is 6. The molecule has 0 aromatic rings. The van der Waals surface area contributed by atoms with Crippen LogP contribution in [0, 0.1) is 0 Å². The Labute approximate surface area is 105 Å². The number of rotatable bonds is 3. The predicted octanol–water partition coefficient (Wildman–Crippen LogP) is -0.638. The van der Waals surface area contributed by atoms with Gasteiger partial charge < -0.3 is 10.6 Å². The van der Waals surface area contributed by atoms with Crippen LogP contribution in [0.15, 0.2) is 0 Å². The Morgan fingerprint density at radius 1 is 0.778 bits per heavy atom. The molecule has 0 aliphatic carbocycles. The lowest BCUT2D eigenvalue weighted by Crippen LogP contribution is -2.41. The van der Waals surface area contributed by atoms with Crippen molar-refractivity contribution in [2.24, 2.45) is 0 Å². The number of carbonyl (C=O) groups excluding carboxylic acids is 4. The molecule has 6 amide bonds. The molecule has 0 unspecified atom stereocenters. The van der Waals surface area contributed by atoms with E-state index in [4.69, 9.17) is 0 Å². The fourth-order valence-corrected chi connectivity index (χ4v) is 1.11. The summed E-state index contributed by atoms with van der Waals surface area (Å²) in [5, 5.41) is 4.58. The lowest BCUT2D eigenvalue weighted by Gasteiger charge is -2.16. The summed E-state index contributed by atoms with van der Waals surface area (Å²) in [6, 6.07) is -1.10. The third-order valence-corrected chi connectivity index (χ3v) is 2.34. The molecule has 0 atom stereocenters. The van der Waals surface area contributed by atoms with Crippen LogP contribution in [0.5, 0.6) is 0 Å². The molecule has 0 saturated carbocycles. The van der Waals surface area contributed by atoms with E-state index in [1.807, 2.05) is 0 Å². The molecular formula is C10H18N4O4. The van der Waals surface area contributed by atoms with Crippen LogP contribution in [0.2, 0.25) is 0 Å². The maximum Gasteiger partial charge on any atom is 0.323 e. The average molecular weight is 258 g/mol. The first-order chi connectivity index (χ1) is 8.34. The van der Waals surface area contributed by atoms with Crippen LogP contribution >= 0.6 is 0 Å². The summed E-state index contributed by atoms with van der Waals surface area (Å²) in [6.07, 6.45) is -0.270. The Morgan fingerprint density at radius 3 is 1.28 bits per heavy atom. The standard InChI is InChI=1S/C10H18N4O4/c1-11-9(17)13(3)7(15)5-6-8(16)14(4)10(18)12-2/h5-6H2,1-4H3,(H,11,17)(H,12,18). The van der Waals surface area contributed by atoms with E-state index >= 15 is 0 Å². The zero-order valence-electron chi connectivity index (χ0n) is 10.9. The van der Waals surface area contributed by atoms with Crippen molar-refractivity contribution in [3.63, 3.8) is 0 Å². The van der Waals surface area contributed by atoms with Crippen LogP contribution in [-0.2, 0) is 9.59 Å². The minimum absolute atomic E-state index is 0.135. The first kappa shape index (κ1) is 15.9. The van der Waals surface area contributed by atoms with Crippen molar-refractivity contribution in [2.75, 3.05) is 28.2 Å². The van der Waals surface area contributed by atoms with E-state index in [0.717, 1.165) is 9.80 Å². The van der Waals surface area contributed by atoms with Crippen LogP contribution in [-0.4, -0.2) is 61.9 Å². The highest BCUT2D eigenvalue weighted by Crippen LogP contribution is 2.00. The molecule has 0 aromatic carbocycles. The van der Waals surface area contributed by atoms with Gasteiger partial charge in [-0.25, -0.2) is 9.59 Å². The maximum atomic E-state index is 11.5. The average Bonchev–Trinajstić information content (AvgIpc) is 2.40. The zero-order valence-corrected chi connectivity index (χ0v) is 10.9. The molecule has 0 rings (SSSR count). The summed E-state index contributed by atoms with van der Waals surface area (Å²) in [7, 11) is 5.43. The van der Waals surface area contributed by atoms with E-state index in [9.17, 15) is 19.2 Å². The van der Waals surface area contributed by atoms with Crippen molar-refractivity contribution in [3.05, 3.63) is 0 Å². The van der Waals surface area contributed by atoms with Crippen molar-refractivity contribution in [1.29, 1.82) is 0 Å². The van der Waals surface area contributed by atoms with Gasteiger partial charge in [-0.1, -0.05) is 0 Å². The molecule has 102 valence electrons. The van der Waals surface area contributed by atoms with Gasteiger partial charge in [-0.05, 0) is 0 Å². The molecule has 0 heterocycles. The van der Waals surface area contributed by atoms with Gasteiger partial charge in [-0.15, -0.1) is 0 Å². The summed E-state index contributed by atoms with van der Waals surface area (Å²) in [5.74, 6) is -0.985. The highest BCUT2D eigenvalue weighted by atomic mass is 16.2. The molecule has 0 spiro atoms. The molecule has 8 nitrogen and oxygen atoms in total. The molecule has 0 saturated heterocycles. The Hall–Kier alpha value is -2.12. The molecule has 2 N–H and O–H groups in total. The van der Waals surface area contributed by atoms with Crippen LogP contribution in [0.25, 0.3) is 0 Å². The monoisotopic (exact) mass is 258 g/mol. The number of nitrogens with zero attached hydrogens (tertiary/aromatic N) is 2. The van der Waals surface area contributed by atoms with Crippen molar-refractivity contribution in [2.45, 2.75) is 12.8 Å². The Bertz CT molecular complexity index is 322. The van der Waals surface area contributed by atoms with Gasteiger partial charge in [0.2, 0.25) is 11.8 Å². The SMILES string of the molecule is CNC(=O)N(C)C(=O)CCC(=O)N(C)C(=O)NC. The van der Waals surface area contributed by atoms with E-state index in [0.29, 0.717) is 0 Å². The molecule has 0 aliphatic rings. The number of hydrogen-bond acceptors (Lipinski definition) is 4. The van der Waals surface area contributed by atoms with Crippen molar-refractivity contribution in [1.82, 2.24) is 20.4 Å². The van der Waals surface area contributed by atoms with E-state index in [1.54, 1.807) is 0 Å². The second-order valence-electron chi connectivity index (χ2n) is 3.52. The van der Waals surface area contributed by atoms with Crippen LogP contribution in [0.1, 0.15) is 12.8 Å². The van der Waals surface area contributed by atoms with Crippen molar-refractivity contribution < 1.29 is 19.2 Å². The molecule has 0 bridgehead atoms. The zero-order chi connectivity index (χ0) is 14.3. The first-order valence-corrected chi connectivity index (χ1v) is 5.31. The van der Waals surface area contributed by atoms with Crippen LogP contribution in [0.3, 0.4) is 0 Å². The normalized spacial score (nSPS) is 9.33. The first-order valence-electron chi connectivity index (χ1n) is 5.31. The molecule has 0 aliphatic heterocycles. The summed E-state index contributed by atoms with van der Waals surface area (Å²) in [4.78, 5) is 47.0. The maximum absolute atomic E-state index is 11.5. The van der Waals surface area contributed by atoms with Gasteiger partial charge >= 0.3 is 12.1 Å². The van der Waals surface area contributed by atoms with Gasteiger partial charge in [0.1, 0.15) is 0 Å². The van der Waals surface area contributed by atoms with Gasteiger partial charge in [0.25, 0.3) is 0 Å². The molecule has 18 heavy (non-hydrogen) atoms. The Morgan fingerprint density at radius 2 is 1.06 bits per heavy atom. The van der Waals surface area contributed by atoms with Crippen LogP contribution < -0.4 is 10.6 Å². The number of nitrogens with one attached hydrogen (secondary N) is 2. The lowest BCUT2D eigenvalue weighted by atomic mass is 10.2. The Kier molecular flexibility index (Phi) is 6.40. The number of urea groups is 2. The second-order valence-corrected chi connectivity index (χ2v) is 3.52. The molecule has 0 fully saturated rings. The fourth-order valence-electron chi connectivity index (χ4n) is 1.11.